The van der Waals surface area contributed by atoms with Crippen molar-refractivity contribution in [3.63, 3.8) is 0 Å². The lowest BCUT2D eigenvalue weighted by atomic mass is 10.1. The van der Waals surface area contributed by atoms with Gasteiger partial charge in [-0.05, 0) is 56.3 Å². The van der Waals surface area contributed by atoms with Crippen LogP contribution in [0.3, 0.4) is 0 Å². The Morgan fingerprint density at radius 2 is 1.27 bits per heavy atom. The molecule has 0 aliphatic rings. The lowest BCUT2D eigenvalue weighted by molar-refractivity contribution is 1.17. The highest BCUT2D eigenvalue weighted by molar-refractivity contribution is 9.10. The van der Waals surface area contributed by atoms with Crippen LogP contribution in [0.2, 0.25) is 0 Å². The first-order chi connectivity index (χ1) is 10.6. The average molecular weight is 350 g/mol. The number of hydrogen-bond donors (Lipinski definition) is 0. The van der Waals surface area contributed by atoms with E-state index in [0.29, 0.717) is 0 Å². The highest BCUT2D eigenvalue weighted by Crippen LogP contribution is 2.34. The fourth-order valence-corrected chi connectivity index (χ4v) is 3.44. The van der Waals surface area contributed by atoms with Crippen LogP contribution in [0.25, 0.3) is 27.5 Å². The van der Waals surface area contributed by atoms with Crippen molar-refractivity contribution in [2.45, 2.75) is 13.8 Å². The van der Waals surface area contributed by atoms with E-state index in [2.05, 4.69) is 95.0 Å². The third kappa shape index (κ3) is 2.06. The Balaban J connectivity index is 2.17. The van der Waals surface area contributed by atoms with Gasteiger partial charge in [-0.3, -0.25) is 0 Å². The number of hydrogen-bond acceptors (Lipinski definition) is 0. The normalized spacial score (nSPS) is 11.4. The molecule has 0 N–H and O–H groups in total. The molecular weight excluding hydrogens is 334 g/mol. The number of rotatable bonds is 1. The lowest BCUT2D eigenvalue weighted by Crippen LogP contribution is -1.93. The van der Waals surface area contributed by atoms with Crippen LogP contribution in [0.4, 0.5) is 0 Å². The Labute approximate surface area is 138 Å². The summed E-state index contributed by atoms with van der Waals surface area (Å²) in [5, 5.41) is 2.59. The Morgan fingerprint density at radius 1 is 0.682 bits per heavy atom. The maximum Gasteiger partial charge on any atom is 0.0541 e. The second-order valence-corrected chi connectivity index (χ2v) is 6.77. The first kappa shape index (κ1) is 13.6. The van der Waals surface area contributed by atoms with Crippen molar-refractivity contribution in [3.05, 3.63) is 76.3 Å². The molecule has 1 heterocycles. The van der Waals surface area contributed by atoms with E-state index >= 15 is 0 Å². The minimum Gasteiger partial charge on any atom is -0.309 e. The molecule has 0 saturated heterocycles. The Bertz CT molecular complexity index is 935. The van der Waals surface area contributed by atoms with Gasteiger partial charge in [-0.15, -0.1) is 0 Å². The number of nitrogens with zero attached hydrogens (tertiary/aromatic N) is 1. The molecule has 1 nitrogen and oxygen atoms in total. The Kier molecular flexibility index (Phi) is 3.08. The van der Waals surface area contributed by atoms with Crippen LogP contribution in [-0.4, -0.2) is 4.57 Å². The highest BCUT2D eigenvalue weighted by atomic mass is 79.9. The van der Waals surface area contributed by atoms with Gasteiger partial charge in [0.1, 0.15) is 0 Å². The lowest BCUT2D eigenvalue weighted by Gasteiger charge is -2.08. The summed E-state index contributed by atoms with van der Waals surface area (Å²) in [4.78, 5) is 0. The molecule has 0 amide bonds. The van der Waals surface area contributed by atoms with Gasteiger partial charge in [0.2, 0.25) is 0 Å². The zero-order valence-corrected chi connectivity index (χ0v) is 14.2. The number of fused-ring (bicyclic) bond motifs is 3. The van der Waals surface area contributed by atoms with Gasteiger partial charge in [0.25, 0.3) is 0 Å². The third-order valence-electron chi connectivity index (χ3n) is 4.17. The van der Waals surface area contributed by atoms with Crippen LogP contribution in [0, 0.1) is 13.8 Å². The number of aryl methyl sites for hydroxylation is 2. The second-order valence-electron chi connectivity index (χ2n) is 5.85. The molecular formula is C20H16BrN. The molecule has 0 radical (unpaired) electrons. The number of benzene rings is 3. The predicted octanol–water partition coefficient (Wildman–Crippen LogP) is 6.16. The topological polar surface area (TPSA) is 4.93 Å². The van der Waals surface area contributed by atoms with E-state index in [1.54, 1.807) is 0 Å². The number of halogens is 1. The summed E-state index contributed by atoms with van der Waals surface area (Å²) in [5.74, 6) is 0. The number of aromatic nitrogens is 1. The van der Waals surface area contributed by atoms with Crippen LogP contribution in [-0.2, 0) is 0 Å². The summed E-state index contributed by atoms with van der Waals surface area (Å²) in [5.41, 5.74) is 6.27. The van der Waals surface area contributed by atoms with Gasteiger partial charge in [0.15, 0.2) is 0 Å². The fraction of sp³-hybridized carbons (Fsp3) is 0.100. The highest BCUT2D eigenvalue weighted by Gasteiger charge is 2.12. The first-order valence-corrected chi connectivity index (χ1v) is 8.20. The molecule has 1 aromatic heterocycles. The Hall–Kier alpha value is -2.06. The monoisotopic (exact) mass is 349 g/mol. The van der Waals surface area contributed by atoms with Crippen molar-refractivity contribution < 1.29 is 0 Å². The van der Waals surface area contributed by atoms with Gasteiger partial charge in [-0.1, -0.05) is 45.3 Å². The summed E-state index contributed by atoms with van der Waals surface area (Å²) >= 11 is 3.60. The van der Waals surface area contributed by atoms with Crippen molar-refractivity contribution in [2.75, 3.05) is 0 Å². The first-order valence-electron chi connectivity index (χ1n) is 7.41. The molecule has 0 atom stereocenters. The molecule has 0 spiro atoms. The third-order valence-corrected chi connectivity index (χ3v) is 4.67. The molecule has 0 aliphatic carbocycles. The van der Waals surface area contributed by atoms with E-state index in [9.17, 15) is 0 Å². The largest absolute Gasteiger partial charge is 0.309 e. The molecule has 0 fully saturated rings. The fourth-order valence-electron chi connectivity index (χ4n) is 3.08. The van der Waals surface area contributed by atoms with Crippen LogP contribution in [0.1, 0.15) is 11.1 Å². The van der Waals surface area contributed by atoms with Gasteiger partial charge in [-0.25, -0.2) is 0 Å². The summed E-state index contributed by atoms with van der Waals surface area (Å²) in [6.07, 6.45) is 0. The summed E-state index contributed by atoms with van der Waals surface area (Å²) < 4.78 is 3.46. The molecule has 108 valence electrons. The molecule has 4 rings (SSSR count). The van der Waals surface area contributed by atoms with E-state index in [-0.39, 0.29) is 0 Å². The van der Waals surface area contributed by atoms with Crippen molar-refractivity contribution in [3.8, 4) is 5.69 Å². The predicted molar refractivity (Wildman–Crippen MR) is 98.0 cm³/mol. The molecule has 3 aromatic carbocycles. The van der Waals surface area contributed by atoms with Gasteiger partial charge >= 0.3 is 0 Å². The molecule has 0 bridgehead atoms. The van der Waals surface area contributed by atoms with Gasteiger partial charge in [-0.2, -0.15) is 0 Å². The van der Waals surface area contributed by atoms with Gasteiger partial charge in [0.05, 0.1) is 11.0 Å². The molecule has 0 saturated carbocycles. The van der Waals surface area contributed by atoms with Gasteiger partial charge < -0.3 is 4.57 Å². The smallest absolute Gasteiger partial charge is 0.0541 e. The molecule has 0 unspecified atom stereocenters. The molecule has 2 heteroatoms. The van der Waals surface area contributed by atoms with E-state index in [1.807, 2.05) is 0 Å². The van der Waals surface area contributed by atoms with Crippen molar-refractivity contribution in [1.29, 1.82) is 0 Å². The second kappa shape index (κ2) is 4.99. The SMILES string of the molecule is Cc1ccc(-n2c3ccc(C)cc3c3cc(Br)ccc32)cc1. The van der Waals surface area contributed by atoms with E-state index in [4.69, 9.17) is 0 Å². The maximum atomic E-state index is 3.60. The van der Waals surface area contributed by atoms with E-state index in [0.717, 1.165) is 4.47 Å². The standard InChI is InChI=1S/C20H16BrN/c1-13-3-7-16(8-4-13)22-19-9-5-14(2)11-17(19)18-12-15(21)6-10-20(18)22/h3-12H,1-2H3. The molecule has 0 aliphatic heterocycles. The maximum absolute atomic E-state index is 3.60. The minimum absolute atomic E-state index is 1.12. The molecule has 4 aromatic rings. The zero-order valence-electron chi connectivity index (χ0n) is 12.6. The van der Waals surface area contributed by atoms with E-state index in [1.165, 1.54) is 38.6 Å². The van der Waals surface area contributed by atoms with E-state index < -0.39 is 0 Å². The van der Waals surface area contributed by atoms with Gasteiger partial charge in [0, 0.05) is 20.9 Å². The minimum atomic E-state index is 1.12. The van der Waals surface area contributed by atoms with Crippen LogP contribution in [0.15, 0.2) is 65.1 Å². The van der Waals surface area contributed by atoms with Crippen LogP contribution >= 0.6 is 15.9 Å². The van der Waals surface area contributed by atoms with Crippen LogP contribution in [0.5, 0.6) is 0 Å². The average Bonchev–Trinajstić information content (AvgIpc) is 2.81. The summed E-state index contributed by atoms with van der Waals surface area (Å²) in [6.45, 7) is 4.27. The van der Waals surface area contributed by atoms with Crippen molar-refractivity contribution >= 4 is 37.7 Å². The quantitative estimate of drug-likeness (QED) is 0.387. The molecule has 22 heavy (non-hydrogen) atoms. The Morgan fingerprint density at radius 3 is 2.00 bits per heavy atom. The van der Waals surface area contributed by atoms with Crippen molar-refractivity contribution in [1.82, 2.24) is 4.57 Å². The summed E-state index contributed by atoms with van der Waals surface area (Å²) in [6, 6.07) is 21.9. The van der Waals surface area contributed by atoms with Crippen molar-refractivity contribution in [2.24, 2.45) is 0 Å². The zero-order chi connectivity index (χ0) is 15.3. The van der Waals surface area contributed by atoms with Crippen LogP contribution < -0.4 is 0 Å². The summed E-state index contributed by atoms with van der Waals surface area (Å²) in [7, 11) is 0.